The first-order valence-electron chi connectivity index (χ1n) is 6.21. The topological polar surface area (TPSA) is 29.1 Å². The molecule has 20 heavy (non-hydrogen) atoms. The summed E-state index contributed by atoms with van der Waals surface area (Å²) in [6.07, 6.45) is 2.51. The SMILES string of the molecule is O=C(Cc1c(F)c(F)c(F)c(F)c1F)NC1CCCC1. The summed E-state index contributed by atoms with van der Waals surface area (Å²) >= 11 is 0. The molecule has 1 aliphatic carbocycles. The zero-order chi connectivity index (χ0) is 14.9. The van der Waals surface area contributed by atoms with E-state index in [1.54, 1.807) is 0 Å². The lowest BCUT2D eigenvalue weighted by atomic mass is 10.1. The molecule has 0 aliphatic heterocycles. The van der Waals surface area contributed by atoms with Crippen LogP contribution in [0.3, 0.4) is 0 Å². The van der Waals surface area contributed by atoms with Gasteiger partial charge in [-0.25, -0.2) is 22.0 Å². The third kappa shape index (κ3) is 2.76. The highest BCUT2D eigenvalue weighted by molar-refractivity contribution is 5.79. The van der Waals surface area contributed by atoms with Gasteiger partial charge in [-0.2, -0.15) is 0 Å². The molecule has 1 N–H and O–H groups in total. The van der Waals surface area contributed by atoms with E-state index < -0.39 is 47.0 Å². The zero-order valence-electron chi connectivity index (χ0n) is 10.4. The van der Waals surface area contributed by atoms with Gasteiger partial charge in [0.05, 0.1) is 6.42 Å². The third-order valence-electron chi connectivity index (χ3n) is 3.36. The summed E-state index contributed by atoms with van der Waals surface area (Å²) in [5, 5.41) is 2.52. The minimum absolute atomic E-state index is 0.0937. The van der Waals surface area contributed by atoms with Gasteiger partial charge in [-0.3, -0.25) is 4.79 Å². The van der Waals surface area contributed by atoms with Gasteiger partial charge in [-0.15, -0.1) is 0 Å². The number of carbonyl (C=O) groups excluding carboxylic acids is 1. The van der Waals surface area contributed by atoms with Crippen molar-refractivity contribution < 1.29 is 26.7 Å². The van der Waals surface area contributed by atoms with E-state index in [2.05, 4.69) is 5.32 Å². The molecule has 1 saturated carbocycles. The van der Waals surface area contributed by atoms with Crippen molar-refractivity contribution in [1.82, 2.24) is 5.32 Å². The predicted molar refractivity (Wildman–Crippen MR) is 60.3 cm³/mol. The first-order valence-corrected chi connectivity index (χ1v) is 6.21. The smallest absolute Gasteiger partial charge is 0.224 e. The Morgan fingerprint density at radius 2 is 1.35 bits per heavy atom. The van der Waals surface area contributed by atoms with Gasteiger partial charge in [0, 0.05) is 11.6 Å². The van der Waals surface area contributed by atoms with Gasteiger partial charge in [-0.05, 0) is 12.8 Å². The van der Waals surface area contributed by atoms with Crippen LogP contribution in [0.5, 0.6) is 0 Å². The molecule has 2 nitrogen and oxygen atoms in total. The van der Waals surface area contributed by atoms with E-state index in [0.717, 1.165) is 25.7 Å². The maximum Gasteiger partial charge on any atom is 0.224 e. The number of amides is 1. The van der Waals surface area contributed by atoms with Gasteiger partial charge in [0.1, 0.15) is 0 Å². The Morgan fingerprint density at radius 3 is 1.85 bits per heavy atom. The maximum atomic E-state index is 13.4. The summed E-state index contributed by atoms with van der Waals surface area (Å²) in [5.41, 5.74) is -1.10. The van der Waals surface area contributed by atoms with Crippen molar-refractivity contribution in [1.29, 1.82) is 0 Å². The molecule has 1 amide bonds. The number of benzene rings is 1. The molecule has 0 radical (unpaired) electrons. The zero-order valence-corrected chi connectivity index (χ0v) is 10.4. The average molecular weight is 293 g/mol. The minimum atomic E-state index is -2.22. The Hall–Kier alpha value is -1.66. The fourth-order valence-corrected chi connectivity index (χ4v) is 2.31. The van der Waals surface area contributed by atoms with Crippen molar-refractivity contribution in [3.63, 3.8) is 0 Å². The van der Waals surface area contributed by atoms with Gasteiger partial charge < -0.3 is 5.32 Å². The van der Waals surface area contributed by atoms with E-state index in [-0.39, 0.29) is 6.04 Å². The Morgan fingerprint density at radius 1 is 0.900 bits per heavy atom. The first-order chi connectivity index (χ1) is 9.41. The van der Waals surface area contributed by atoms with Crippen LogP contribution >= 0.6 is 0 Å². The van der Waals surface area contributed by atoms with Crippen molar-refractivity contribution in [3.05, 3.63) is 34.6 Å². The van der Waals surface area contributed by atoms with E-state index in [1.165, 1.54) is 0 Å². The molecule has 0 saturated heterocycles. The van der Waals surface area contributed by atoms with Crippen molar-refractivity contribution in [2.24, 2.45) is 0 Å². The second-order valence-corrected chi connectivity index (χ2v) is 4.77. The summed E-state index contributed by atoms with van der Waals surface area (Å²) in [7, 11) is 0. The number of hydrogen-bond acceptors (Lipinski definition) is 1. The summed E-state index contributed by atoms with van der Waals surface area (Å²) in [6, 6.07) is -0.0937. The molecule has 7 heteroatoms. The normalized spacial score (nSPS) is 15.7. The van der Waals surface area contributed by atoms with Crippen LogP contribution in [0.2, 0.25) is 0 Å². The van der Waals surface area contributed by atoms with E-state index >= 15 is 0 Å². The van der Waals surface area contributed by atoms with Crippen molar-refractivity contribution in [2.75, 3.05) is 0 Å². The van der Waals surface area contributed by atoms with Crippen molar-refractivity contribution in [2.45, 2.75) is 38.1 Å². The molecule has 0 heterocycles. The van der Waals surface area contributed by atoms with Crippen LogP contribution in [-0.4, -0.2) is 11.9 Å². The van der Waals surface area contributed by atoms with E-state index in [9.17, 15) is 26.7 Å². The Balaban J connectivity index is 2.18. The molecule has 1 aliphatic rings. The second-order valence-electron chi connectivity index (χ2n) is 4.77. The lowest BCUT2D eigenvalue weighted by Crippen LogP contribution is -2.34. The van der Waals surface area contributed by atoms with Crippen LogP contribution in [-0.2, 0) is 11.2 Å². The molecule has 0 aromatic heterocycles. The molecule has 1 aromatic carbocycles. The number of rotatable bonds is 3. The number of carbonyl (C=O) groups is 1. The van der Waals surface area contributed by atoms with Gasteiger partial charge in [-0.1, -0.05) is 12.8 Å². The highest BCUT2D eigenvalue weighted by Crippen LogP contribution is 2.24. The van der Waals surface area contributed by atoms with E-state index in [4.69, 9.17) is 0 Å². The summed E-state index contributed by atoms with van der Waals surface area (Å²) in [5.74, 6) is -11.0. The first kappa shape index (κ1) is 14.7. The summed E-state index contributed by atoms with van der Waals surface area (Å²) < 4.78 is 65.5. The standard InChI is InChI=1S/C13H12F5NO/c14-9-7(10(15)12(17)13(18)11(9)16)5-8(20)19-6-3-1-2-4-6/h6H,1-5H2,(H,19,20). The van der Waals surface area contributed by atoms with Gasteiger partial charge in [0.15, 0.2) is 23.3 Å². The van der Waals surface area contributed by atoms with Crippen molar-refractivity contribution in [3.8, 4) is 0 Å². The minimum Gasteiger partial charge on any atom is -0.353 e. The highest BCUT2D eigenvalue weighted by Gasteiger charge is 2.27. The molecule has 1 aromatic rings. The molecule has 0 atom stereocenters. The number of hydrogen-bond donors (Lipinski definition) is 1. The Labute approximate surface area is 112 Å². The highest BCUT2D eigenvalue weighted by atomic mass is 19.2. The second kappa shape index (κ2) is 5.76. The lowest BCUT2D eigenvalue weighted by molar-refractivity contribution is -0.121. The van der Waals surface area contributed by atoms with Crippen LogP contribution in [0.4, 0.5) is 22.0 Å². The molecule has 0 unspecified atom stereocenters. The molecule has 2 rings (SSSR count). The fourth-order valence-electron chi connectivity index (χ4n) is 2.31. The molecule has 0 spiro atoms. The van der Waals surface area contributed by atoms with Gasteiger partial charge >= 0.3 is 0 Å². The van der Waals surface area contributed by atoms with Crippen LogP contribution in [0.15, 0.2) is 0 Å². The molecule has 0 bridgehead atoms. The number of halogens is 5. The fraction of sp³-hybridized carbons (Fsp3) is 0.462. The molecule has 1 fully saturated rings. The van der Waals surface area contributed by atoms with Crippen LogP contribution < -0.4 is 5.32 Å². The average Bonchev–Trinajstić information content (AvgIpc) is 2.92. The van der Waals surface area contributed by atoms with Crippen LogP contribution in [0.25, 0.3) is 0 Å². The largest absolute Gasteiger partial charge is 0.353 e. The quantitative estimate of drug-likeness (QED) is 0.518. The molecule has 110 valence electrons. The monoisotopic (exact) mass is 293 g/mol. The van der Waals surface area contributed by atoms with Gasteiger partial charge in [0.2, 0.25) is 11.7 Å². The third-order valence-corrected chi connectivity index (χ3v) is 3.36. The van der Waals surface area contributed by atoms with E-state index in [1.807, 2.05) is 0 Å². The lowest BCUT2D eigenvalue weighted by Gasteiger charge is -2.13. The summed E-state index contributed by atoms with van der Waals surface area (Å²) in [6.45, 7) is 0. The summed E-state index contributed by atoms with van der Waals surface area (Å²) in [4.78, 5) is 11.6. The van der Waals surface area contributed by atoms with E-state index in [0.29, 0.717) is 0 Å². The Bertz CT molecular complexity index is 511. The number of nitrogens with one attached hydrogen (secondary N) is 1. The maximum absolute atomic E-state index is 13.4. The molecular formula is C13H12F5NO. The predicted octanol–water partition coefficient (Wildman–Crippen LogP) is 2.98. The van der Waals surface area contributed by atoms with Crippen molar-refractivity contribution >= 4 is 5.91 Å². The van der Waals surface area contributed by atoms with Gasteiger partial charge in [0.25, 0.3) is 0 Å². The van der Waals surface area contributed by atoms with Crippen LogP contribution in [0, 0.1) is 29.1 Å². The Kier molecular flexibility index (Phi) is 4.25. The molecular weight excluding hydrogens is 281 g/mol. The van der Waals surface area contributed by atoms with Crippen LogP contribution in [0.1, 0.15) is 31.2 Å².